The maximum absolute atomic E-state index is 5.22. The highest BCUT2D eigenvalue weighted by Crippen LogP contribution is 2.29. The molecule has 0 aliphatic carbocycles. The lowest BCUT2D eigenvalue weighted by Gasteiger charge is -2.08. The number of hydrogen-bond acceptors (Lipinski definition) is 4. The normalized spacial score (nSPS) is 10.2. The van der Waals surface area contributed by atoms with Crippen molar-refractivity contribution in [2.24, 2.45) is 0 Å². The standard InChI is InChI=1S/C12H10Br2N2O2/c1-17-8-3-7(4-9(5-8)18-2)12-15-10(13)6-11(14)16-12/h3-6H,1-2H3. The molecule has 6 heteroatoms. The van der Waals surface area contributed by atoms with Gasteiger partial charge in [-0.25, -0.2) is 9.97 Å². The van der Waals surface area contributed by atoms with Crippen LogP contribution < -0.4 is 9.47 Å². The van der Waals surface area contributed by atoms with Crippen molar-refractivity contribution >= 4 is 31.9 Å². The molecule has 0 spiro atoms. The molecule has 0 aliphatic heterocycles. The van der Waals surface area contributed by atoms with Crippen molar-refractivity contribution in [3.05, 3.63) is 33.5 Å². The summed E-state index contributed by atoms with van der Waals surface area (Å²) >= 11 is 6.68. The molecule has 0 saturated heterocycles. The van der Waals surface area contributed by atoms with E-state index < -0.39 is 0 Å². The number of aromatic nitrogens is 2. The average molecular weight is 374 g/mol. The smallest absolute Gasteiger partial charge is 0.161 e. The van der Waals surface area contributed by atoms with Gasteiger partial charge in [-0.2, -0.15) is 0 Å². The van der Waals surface area contributed by atoms with Crippen molar-refractivity contribution < 1.29 is 9.47 Å². The van der Waals surface area contributed by atoms with Gasteiger partial charge in [-0.15, -0.1) is 0 Å². The van der Waals surface area contributed by atoms with E-state index in [0.717, 1.165) is 5.56 Å². The minimum absolute atomic E-state index is 0.591. The number of hydrogen-bond donors (Lipinski definition) is 0. The molecule has 2 rings (SSSR count). The highest BCUT2D eigenvalue weighted by atomic mass is 79.9. The molecule has 2 aromatic rings. The van der Waals surface area contributed by atoms with E-state index in [9.17, 15) is 0 Å². The predicted molar refractivity (Wildman–Crippen MR) is 76.0 cm³/mol. The molecule has 0 N–H and O–H groups in total. The lowest BCUT2D eigenvalue weighted by Crippen LogP contribution is -1.93. The van der Waals surface area contributed by atoms with Crippen LogP contribution in [0.3, 0.4) is 0 Å². The van der Waals surface area contributed by atoms with E-state index in [4.69, 9.17) is 9.47 Å². The summed E-state index contributed by atoms with van der Waals surface area (Å²) in [6.07, 6.45) is 0. The SMILES string of the molecule is COc1cc(OC)cc(-c2nc(Br)cc(Br)n2)c1. The lowest BCUT2D eigenvalue weighted by molar-refractivity contribution is 0.394. The molecule has 0 fully saturated rings. The van der Waals surface area contributed by atoms with Gasteiger partial charge in [0, 0.05) is 17.7 Å². The molecule has 1 aromatic carbocycles. The van der Waals surface area contributed by atoms with E-state index in [0.29, 0.717) is 26.5 Å². The zero-order valence-corrected chi connectivity index (χ0v) is 12.9. The molecule has 0 saturated carbocycles. The number of benzene rings is 1. The zero-order valence-electron chi connectivity index (χ0n) is 9.78. The first-order valence-corrected chi connectivity index (χ1v) is 6.64. The van der Waals surface area contributed by atoms with Gasteiger partial charge in [0.05, 0.1) is 14.2 Å². The van der Waals surface area contributed by atoms with E-state index >= 15 is 0 Å². The highest BCUT2D eigenvalue weighted by molar-refractivity contribution is 9.11. The molecule has 0 amide bonds. The second-order valence-corrected chi connectivity index (χ2v) is 5.06. The van der Waals surface area contributed by atoms with Crippen molar-refractivity contribution in [3.63, 3.8) is 0 Å². The topological polar surface area (TPSA) is 44.2 Å². The maximum Gasteiger partial charge on any atom is 0.161 e. The maximum atomic E-state index is 5.22. The van der Waals surface area contributed by atoms with E-state index in [1.807, 2.05) is 12.1 Å². The van der Waals surface area contributed by atoms with Gasteiger partial charge in [-0.1, -0.05) is 0 Å². The van der Waals surface area contributed by atoms with Crippen LogP contribution in [0.1, 0.15) is 0 Å². The minimum Gasteiger partial charge on any atom is -0.497 e. The van der Waals surface area contributed by atoms with Gasteiger partial charge in [0.1, 0.15) is 20.7 Å². The first-order chi connectivity index (χ1) is 8.62. The van der Waals surface area contributed by atoms with Crippen LogP contribution in [0.25, 0.3) is 11.4 Å². The van der Waals surface area contributed by atoms with E-state index in [2.05, 4.69) is 41.8 Å². The Morgan fingerprint density at radius 2 is 1.33 bits per heavy atom. The molecular formula is C12H10Br2N2O2. The van der Waals surface area contributed by atoms with E-state index in [1.54, 1.807) is 26.4 Å². The van der Waals surface area contributed by atoms with Gasteiger partial charge in [-0.3, -0.25) is 0 Å². The number of methoxy groups -OCH3 is 2. The molecule has 0 bridgehead atoms. The first kappa shape index (κ1) is 13.3. The van der Waals surface area contributed by atoms with E-state index in [1.165, 1.54) is 0 Å². The summed E-state index contributed by atoms with van der Waals surface area (Å²) in [6, 6.07) is 7.30. The molecule has 0 radical (unpaired) electrons. The Bertz CT molecular complexity index is 533. The summed E-state index contributed by atoms with van der Waals surface area (Å²) in [5.41, 5.74) is 0.827. The van der Waals surface area contributed by atoms with Gasteiger partial charge in [0.2, 0.25) is 0 Å². The molecule has 0 atom stereocenters. The van der Waals surface area contributed by atoms with Gasteiger partial charge >= 0.3 is 0 Å². The molecule has 0 aliphatic rings. The largest absolute Gasteiger partial charge is 0.497 e. The van der Waals surface area contributed by atoms with Gasteiger partial charge in [0.25, 0.3) is 0 Å². The summed E-state index contributed by atoms with van der Waals surface area (Å²) in [6.45, 7) is 0. The summed E-state index contributed by atoms with van der Waals surface area (Å²) in [7, 11) is 3.21. The average Bonchev–Trinajstić information content (AvgIpc) is 2.37. The van der Waals surface area contributed by atoms with Crippen LogP contribution >= 0.6 is 31.9 Å². The first-order valence-electron chi connectivity index (χ1n) is 5.06. The monoisotopic (exact) mass is 372 g/mol. The fraction of sp³-hybridized carbons (Fsp3) is 0.167. The minimum atomic E-state index is 0.591. The summed E-state index contributed by atoms with van der Waals surface area (Å²) < 4.78 is 11.9. The molecule has 0 unspecified atom stereocenters. The van der Waals surface area contributed by atoms with Crippen LogP contribution in [0.15, 0.2) is 33.5 Å². The number of ether oxygens (including phenoxy) is 2. The molecule has 94 valence electrons. The number of rotatable bonds is 3. The summed E-state index contributed by atoms with van der Waals surface area (Å²) in [5, 5.41) is 0. The Kier molecular flexibility index (Phi) is 4.19. The highest BCUT2D eigenvalue weighted by Gasteiger charge is 2.08. The number of halogens is 2. The third kappa shape index (κ3) is 3.00. The van der Waals surface area contributed by atoms with Crippen molar-refractivity contribution in [1.29, 1.82) is 0 Å². The fourth-order valence-electron chi connectivity index (χ4n) is 1.46. The summed E-state index contributed by atoms with van der Waals surface area (Å²) in [4.78, 5) is 8.64. The predicted octanol–water partition coefficient (Wildman–Crippen LogP) is 3.69. The Labute approximate surface area is 122 Å². The van der Waals surface area contributed by atoms with Gasteiger partial charge in [-0.05, 0) is 44.0 Å². The van der Waals surface area contributed by atoms with Crippen LogP contribution in [-0.2, 0) is 0 Å². The Morgan fingerprint density at radius 3 is 1.78 bits per heavy atom. The second kappa shape index (κ2) is 5.67. The molecule has 1 aromatic heterocycles. The van der Waals surface area contributed by atoms with Crippen LogP contribution in [0.4, 0.5) is 0 Å². The third-order valence-electron chi connectivity index (χ3n) is 2.27. The van der Waals surface area contributed by atoms with Crippen LogP contribution in [0.2, 0.25) is 0 Å². The Hall–Kier alpha value is -1.14. The third-order valence-corrected chi connectivity index (χ3v) is 3.09. The van der Waals surface area contributed by atoms with Crippen molar-refractivity contribution in [2.45, 2.75) is 0 Å². The molecule has 18 heavy (non-hydrogen) atoms. The van der Waals surface area contributed by atoms with Crippen LogP contribution in [-0.4, -0.2) is 24.2 Å². The van der Waals surface area contributed by atoms with Crippen LogP contribution in [0, 0.1) is 0 Å². The van der Waals surface area contributed by atoms with Crippen molar-refractivity contribution in [2.75, 3.05) is 14.2 Å². The Balaban J connectivity index is 2.55. The van der Waals surface area contributed by atoms with Crippen LogP contribution in [0.5, 0.6) is 11.5 Å². The molecule has 1 heterocycles. The zero-order chi connectivity index (χ0) is 13.1. The summed E-state index contributed by atoms with van der Waals surface area (Å²) in [5.74, 6) is 1.99. The molecule has 4 nitrogen and oxygen atoms in total. The second-order valence-electron chi connectivity index (χ2n) is 3.44. The fourth-order valence-corrected chi connectivity index (χ4v) is 2.53. The molecular weight excluding hydrogens is 364 g/mol. The lowest BCUT2D eigenvalue weighted by atomic mass is 10.2. The Morgan fingerprint density at radius 1 is 0.833 bits per heavy atom. The van der Waals surface area contributed by atoms with Crippen molar-refractivity contribution in [3.8, 4) is 22.9 Å². The van der Waals surface area contributed by atoms with Gasteiger partial charge in [0.15, 0.2) is 5.82 Å². The van der Waals surface area contributed by atoms with Gasteiger partial charge < -0.3 is 9.47 Å². The quantitative estimate of drug-likeness (QED) is 0.769. The number of nitrogens with zero attached hydrogens (tertiary/aromatic N) is 2. The van der Waals surface area contributed by atoms with Crippen molar-refractivity contribution in [1.82, 2.24) is 9.97 Å². The van der Waals surface area contributed by atoms with E-state index in [-0.39, 0.29) is 0 Å².